The van der Waals surface area contributed by atoms with Crippen molar-refractivity contribution in [1.29, 1.82) is 0 Å². The average Bonchev–Trinajstić information content (AvgIpc) is 3.29. The van der Waals surface area contributed by atoms with E-state index in [1.165, 1.54) is 16.9 Å². The van der Waals surface area contributed by atoms with Gasteiger partial charge in [-0.25, -0.2) is 15.0 Å². The van der Waals surface area contributed by atoms with Gasteiger partial charge in [-0.15, -0.1) is 11.3 Å². The normalized spacial score (nSPS) is 24.8. The van der Waals surface area contributed by atoms with Gasteiger partial charge >= 0.3 is 0 Å². The van der Waals surface area contributed by atoms with Crippen LogP contribution < -0.4 is 16.0 Å². The number of nitrogens with two attached hydrogens (primary N) is 1. The molecule has 9 heteroatoms. The Labute approximate surface area is 197 Å². The summed E-state index contributed by atoms with van der Waals surface area (Å²) in [5.41, 5.74) is 10.2. The lowest BCUT2D eigenvalue weighted by atomic mass is 9.91. The Morgan fingerprint density at radius 3 is 2.94 bits per heavy atom. The second-order valence-electron chi connectivity index (χ2n) is 9.50. The minimum Gasteiger partial charge on any atom is -0.396 e. The highest BCUT2D eigenvalue weighted by Crippen LogP contribution is 2.34. The molecule has 0 saturated carbocycles. The molecule has 3 atom stereocenters. The predicted octanol–water partition coefficient (Wildman–Crippen LogP) is 3.13. The fourth-order valence-electron chi connectivity index (χ4n) is 4.85. The van der Waals surface area contributed by atoms with E-state index in [9.17, 15) is 4.79 Å². The monoisotopic (exact) mass is 466 g/mol. The number of carbonyl (C=O) groups is 1. The molecule has 2 aliphatic rings. The first-order valence-corrected chi connectivity index (χ1v) is 12.2. The number of nitrogens with zero attached hydrogens (tertiary/aromatic N) is 4. The number of aromatic nitrogens is 3. The first kappa shape index (κ1) is 22.0. The highest BCUT2D eigenvalue weighted by atomic mass is 32.1. The van der Waals surface area contributed by atoms with Crippen LogP contribution in [0.25, 0.3) is 10.3 Å². The van der Waals surface area contributed by atoms with Crippen molar-refractivity contribution >= 4 is 39.1 Å². The van der Waals surface area contributed by atoms with Crippen LogP contribution in [0.3, 0.4) is 0 Å². The number of fused-ring (bicyclic) bond motifs is 2. The summed E-state index contributed by atoms with van der Waals surface area (Å²) in [6, 6.07) is 4.31. The maximum absolute atomic E-state index is 13.0. The van der Waals surface area contributed by atoms with Gasteiger partial charge in [0.05, 0.1) is 17.0 Å². The summed E-state index contributed by atoms with van der Waals surface area (Å²) in [7, 11) is 1.79. The minimum absolute atomic E-state index is 0.0495. The molecule has 1 amide bonds. The van der Waals surface area contributed by atoms with Gasteiger partial charge < -0.3 is 20.7 Å². The standard InChI is InChI=1S/C24H30N6O2S/c1-13-11-30(12-24(13,3)32-4)18-8-5-15-9-16(6-7-17(15)29-18)28-22(31)21-19(25)20-23(33-21)27-14(2)10-26-20/h5,8,10,13,16H,6-7,9,11-12,25H2,1-4H3,(H,28,31)/t13-,16-,24-/m0/s1. The van der Waals surface area contributed by atoms with E-state index in [-0.39, 0.29) is 17.6 Å². The first-order chi connectivity index (χ1) is 15.8. The molecule has 0 radical (unpaired) electrons. The molecule has 174 valence electrons. The molecule has 1 aliphatic heterocycles. The third-order valence-corrected chi connectivity index (χ3v) is 8.27. The molecule has 5 rings (SSSR count). The Hall–Kier alpha value is -2.78. The van der Waals surface area contributed by atoms with Crippen LogP contribution in [-0.2, 0) is 17.6 Å². The summed E-state index contributed by atoms with van der Waals surface area (Å²) in [6.45, 7) is 8.05. The number of aryl methyl sites for hydroxylation is 2. The van der Waals surface area contributed by atoms with E-state index in [1.54, 1.807) is 13.3 Å². The SMILES string of the molecule is CO[C@@]1(C)CN(c2ccc3c(n2)CC[C@H](NC(=O)c2sc4nc(C)cnc4c2N)C3)C[C@@H]1C. The number of carbonyl (C=O) groups excluding carboxylic acids is 1. The zero-order valence-electron chi connectivity index (χ0n) is 19.5. The van der Waals surface area contributed by atoms with Gasteiger partial charge in [-0.3, -0.25) is 4.79 Å². The van der Waals surface area contributed by atoms with Gasteiger partial charge in [0.25, 0.3) is 5.91 Å². The quantitative estimate of drug-likeness (QED) is 0.608. The number of nitrogens with one attached hydrogen (secondary N) is 1. The van der Waals surface area contributed by atoms with Gasteiger partial charge in [0.1, 0.15) is 21.0 Å². The molecule has 8 nitrogen and oxygen atoms in total. The lowest BCUT2D eigenvalue weighted by Gasteiger charge is -2.28. The van der Waals surface area contributed by atoms with Crippen LogP contribution >= 0.6 is 11.3 Å². The van der Waals surface area contributed by atoms with Gasteiger partial charge in [-0.05, 0) is 44.7 Å². The van der Waals surface area contributed by atoms with Crippen LogP contribution in [0.4, 0.5) is 11.5 Å². The van der Waals surface area contributed by atoms with Crippen molar-refractivity contribution in [3.05, 3.63) is 40.2 Å². The molecule has 1 saturated heterocycles. The Morgan fingerprint density at radius 1 is 1.36 bits per heavy atom. The molecule has 3 aromatic rings. The number of amides is 1. The predicted molar refractivity (Wildman–Crippen MR) is 131 cm³/mol. The molecule has 0 unspecified atom stereocenters. The van der Waals surface area contributed by atoms with E-state index in [4.69, 9.17) is 15.5 Å². The number of hydrogen-bond donors (Lipinski definition) is 2. The van der Waals surface area contributed by atoms with Crippen LogP contribution in [0.1, 0.15) is 46.9 Å². The van der Waals surface area contributed by atoms with Gasteiger partial charge in [0.15, 0.2) is 0 Å². The highest BCUT2D eigenvalue weighted by Gasteiger charge is 2.41. The smallest absolute Gasteiger partial charge is 0.263 e. The van der Waals surface area contributed by atoms with E-state index >= 15 is 0 Å². The summed E-state index contributed by atoms with van der Waals surface area (Å²) < 4.78 is 5.77. The molecular formula is C24H30N6O2S. The number of hydrogen-bond acceptors (Lipinski definition) is 8. The number of anilines is 2. The highest BCUT2D eigenvalue weighted by molar-refractivity contribution is 7.21. The molecule has 0 spiro atoms. The number of methoxy groups -OCH3 is 1. The van der Waals surface area contributed by atoms with Crippen molar-refractivity contribution in [2.24, 2.45) is 5.92 Å². The molecule has 3 aromatic heterocycles. The van der Waals surface area contributed by atoms with Crippen molar-refractivity contribution < 1.29 is 9.53 Å². The lowest BCUT2D eigenvalue weighted by molar-refractivity contribution is -0.00622. The van der Waals surface area contributed by atoms with Crippen molar-refractivity contribution in [3.8, 4) is 0 Å². The number of rotatable bonds is 4. The Bertz CT molecular complexity index is 1230. The summed E-state index contributed by atoms with van der Waals surface area (Å²) in [5.74, 6) is 1.30. The zero-order chi connectivity index (χ0) is 23.3. The molecule has 33 heavy (non-hydrogen) atoms. The number of thiophene rings is 1. The number of ether oxygens (including phenoxy) is 1. The number of nitrogen functional groups attached to an aromatic ring is 1. The van der Waals surface area contributed by atoms with Crippen LogP contribution in [0.15, 0.2) is 18.3 Å². The van der Waals surface area contributed by atoms with Crippen LogP contribution in [0, 0.1) is 12.8 Å². The average molecular weight is 467 g/mol. The topological polar surface area (TPSA) is 106 Å². The van der Waals surface area contributed by atoms with Crippen molar-refractivity contribution in [2.75, 3.05) is 30.8 Å². The van der Waals surface area contributed by atoms with E-state index in [0.29, 0.717) is 26.8 Å². The van der Waals surface area contributed by atoms with E-state index < -0.39 is 0 Å². The maximum atomic E-state index is 13.0. The zero-order valence-corrected chi connectivity index (χ0v) is 20.3. The van der Waals surface area contributed by atoms with Gasteiger partial charge in [0, 0.05) is 44.0 Å². The van der Waals surface area contributed by atoms with E-state index in [0.717, 1.165) is 49.6 Å². The second-order valence-corrected chi connectivity index (χ2v) is 10.5. The minimum atomic E-state index is -0.155. The molecule has 1 fully saturated rings. The third kappa shape index (κ3) is 3.93. The molecule has 4 heterocycles. The maximum Gasteiger partial charge on any atom is 0.263 e. The first-order valence-electron chi connectivity index (χ1n) is 11.4. The fourth-order valence-corrected chi connectivity index (χ4v) is 5.85. The van der Waals surface area contributed by atoms with Crippen LogP contribution in [-0.4, -0.2) is 52.7 Å². The van der Waals surface area contributed by atoms with Gasteiger partial charge in [-0.2, -0.15) is 0 Å². The van der Waals surface area contributed by atoms with Crippen molar-refractivity contribution in [1.82, 2.24) is 20.3 Å². The van der Waals surface area contributed by atoms with Gasteiger partial charge in [0.2, 0.25) is 0 Å². The largest absolute Gasteiger partial charge is 0.396 e. The molecule has 3 N–H and O–H groups in total. The summed E-state index contributed by atoms with van der Waals surface area (Å²) in [6.07, 6.45) is 4.12. The molecular weight excluding hydrogens is 436 g/mol. The summed E-state index contributed by atoms with van der Waals surface area (Å²) >= 11 is 1.30. The van der Waals surface area contributed by atoms with Crippen LogP contribution in [0.2, 0.25) is 0 Å². The summed E-state index contributed by atoms with van der Waals surface area (Å²) in [4.78, 5) is 30.2. The Kier molecular flexibility index (Phi) is 5.49. The summed E-state index contributed by atoms with van der Waals surface area (Å²) in [5, 5.41) is 3.17. The third-order valence-electron chi connectivity index (χ3n) is 7.18. The number of pyridine rings is 1. The Balaban J connectivity index is 1.28. The molecule has 0 aromatic carbocycles. The van der Waals surface area contributed by atoms with Crippen LogP contribution in [0.5, 0.6) is 0 Å². The van der Waals surface area contributed by atoms with E-state index in [1.807, 2.05) is 6.92 Å². The Morgan fingerprint density at radius 2 is 2.18 bits per heavy atom. The van der Waals surface area contributed by atoms with Crippen molar-refractivity contribution in [2.45, 2.75) is 51.7 Å². The lowest BCUT2D eigenvalue weighted by Crippen LogP contribution is -2.39. The van der Waals surface area contributed by atoms with E-state index in [2.05, 4.69) is 46.2 Å². The second kappa shape index (κ2) is 8.22. The molecule has 0 bridgehead atoms. The van der Waals surface area contributed by atoms with Crippen molar-refractivity contribution in [3.63, 3.8) is 0 Å². The fraction of sp³-hybridized carbons (Fsp3) is 0.500. The molecule has 1 aliphatic carbocycles. The van der Waals surface area contributed by atoms with Gasteiger partial charge in [-0.1, -0.05) is 13.0 Å².